The van der Waals surface area contributed by atoms with E-state index in [1.54, 1.807) is 0 Å². The number of rotatable bonds is 2. The van der Waals surface area contributed by atoms with Crippen molar-refractivity contribution in [1.29, 1.82) is 5.26 Å². The highest BCUT2D eigenvalue weighted by Crippen LogP contribution is 2.42. The van der Waals surface area contributed by atoms with Crippen LogP contribution in [0.2, 0.25) is 0 Å². The summed E-state index contributed by atoms with van der Waals surface area (Å²) in [5, 5.41) is 12.8. The Kier molecular flexibility index (Phi) is 1.80. The molecule has 0 bridgehead atoms. The van der Waals surface area contributed by atoms with Crippen LogP contribution >= 0.6 is 0 Å². The molecule has 4 heteroatoms. The molecule has 2 rings (SSSR count). The maximum absolute atomic E-state index is 8.99. The van der Waals surface area contributed by atoms with E-state index in [9.17, 15) is 0 Å². The van der Waals surface area contributed by atoms with Gasteiger partial charge < -0.3 is 4.52 Å². The summed E-state index contributed by atoms with van der Waals surface area (Å²) in [6.07, 6.45) is 3.55. The first-order valence-electron chi connectivity index (χ1n) is 4.55. The Morgan fingerprint density at radius 2 is 2.38 bits per heavy atom. The Labute approximate surface area is 76.6 Å². The molecule has 0 spiro atoms. The van der Waals surface area contributed by atoms with Crippen LogP contribution in [0.25, 0.3) is 0 Å². The largest absolute Gasteiger partial charge is 0.338 e. The molecule has 0 aromatic carbocycles. The fourth-order valence-electron chi connectivity index (χ4n) is 1.50. The van der Waals surface area contributed by atoms with Crippen LogP contribution in [0.15, 0.2) is 4.52 Å². The van der Waals surface area contributed by atoms with E-state index in [0.29, 0.717) is 11.7 Å². The smallest absolute Gasteiger partial charge is 0.247 e. The molecule has 0 radical (unpaired) electrons. The highest BCUT2D eigenvalue weighted by atomic mass is 16.5. The highest BCUT2D eigenvalue weighted by Gasteiger charge is 2.44. The standard InChI is InChI=1S/C9H11N3O/c1-2-7-11-8(13-12-7)9(6-10)4-3-5-9/h2-5H2,1H3. The minimum atomic E-state index is -0.458. The van der Waals surface area contributed by atoms with Gasteiger partial charge in [0.25, 0.3) is 0 Å². The van der Waals surface area contributed by atoms with Gasteiger partial charge in [0.2, 0.25) is 5.89 Å². The van der Waals surface area contributed by atoms with Gasteiger partial charge in [0.1, 0.15) is 5.41 Å². The lowest BCUT2D eigenvalue weighted by molar-refractivity contribution is 0.231. The Hall–Kier alpha value is -1.37. The van der Waals surface area contributed by atoms with Crippen LogP contribution < -0.4 is 0 Å². The minimum Gasteiger partial charge on any atom is -0.338 e. The molecule has 13 heavy (non-hydrogen) atoms. The third-order valence-corrected chi connectivity index (χ3v) is 2.61. The zero-order chi connectivity index (χ0) is 9.31. The first kappa shape index (κ1) is 8.24. The van der Waals surface area contributed by atoms with Gasteiger partial charge in [0, 0.05) is 6.42 Å². The summed E-state index contributed by atoms with van der Waals surface area (Å²) in [6, 6.07) is 2.27. The molecule has 0 N–H and O–H groups in total. The average Bonchev–Trinajstić information content (AvgIpc) is 2.52. The van der Waals surface area contributed by atoms with Crippen molar-refractivity contribution < 1.29 is 4.52 Å². The SMILES string of the molecule is CCc1noc(C2(C#N)CCC2)n1. The fourth-order valence-corrected chi connectivity index (χ4v) is 1.50. The maximum Gasteiger partial charge on any atom is 0.247 e. The van der Waals surface area contributed by atoms with E-state index in [2.05, 4.69) is 16.2 Å². The van der Waals surface area contributed by atoms with Gasteiger partial charge in [-0.1, -0.05) is 12.1 Å². The van der Waals surface area contributed by atoms with Gasteiger partial charge in [-0.05, 0) is 19.3 Å². The summed E-state index contributed by atoms with van der Waals surface area (Å²) < 4.78 is 5.07. The van der Waals surface area contributed by atoms with Crippen molar-refractivity contribution in [2.75, 3.05) is 0 Å². The van der Waals surface area contributed by atoms with Crippen molar-refractivity contribution in [3.8, 4) is 6.07 Å². The van der Waals surface area contributed by atoms with Crippen LogP contribution in [-0.2, 0) is 11.8 Å². The second-order valence-electron chi connectivity index (χ2n) is 3.42. The second-order valence-corrected chi connectivity index (χ2v) is 3.42. The Morgan fingerprint density at radius 1 is 1.62 bits per heavy atom. The van der Waals surface area contributed by atoms with Crippen LogP contribution in [-0.4, -0.2) is 10.1 Å². The first-order valence-corrected chi connectivity index (χ1v) is 4.55. The Morgan fingerprint density at radius 3 is 2.77 bits per heavy atom. The molecule has 1 aliphatic rings. The van der Waals surface area contributed by atoms with Crippen molar-refractivity contribution >= 4 is 0 Å². The molecule has 4 nitrogen and oxygen atoms in total. The van der Waals surface area contributed by atoms with Crippen molar-refractivity contribution in [3.05, 3.63) is 11.7 Å². The van der Waals surface area contributed by atoms with Gasteiger partial charge in [0.05, 0.1) is 6.07 Å². The average molecular weight is 177 g/mol. The van der Waals surface area contributed by atoms with Crippen LogP contribution in [0.5, 0.6) is 0 Å². The lowest BCUT2D eigenvalue weighted by Gasteiger charge is -2.30. The van der Waals surface area contributed by atoms with Crippen LogP contribution in [0.1, 0.15) is 37.9 Å². The molecule has 68 valence electrons. The number of aryl methyl sites for hydroxylation is 1. The summed E-state index contributed by atoms with van der Waals surface area (Å²) >= 11 is 0. The summed E-state index contributed by atoms with van der Waals surface area (Å²) in [5.74, 6) is 1.20. The molecule has 1 heterocycles. The number of aromatic nitrogens is 2. The number of hydrogen-bond acceptors (Lipinski definition) is 4. The third-order valence-electron chi connectivity index (χ3n) is 2.61. The second kappa shape index (κ2) is 2.84. The van der Waals surface area contributed by atoms with Crippen LogP contribution in [0.4, 0.5) is 0 Å². The number of hydrogen-bond donors (Lipinski definition) is 0. The summed E-state index contributed by atoms with van der Waals surface area (Å²) in [7, 11) is 0. The predicted octanol–water partition coefficient (Wildman–Crippen LogP) is 1.58. The number of nitriles is 1. The van der Waals surface area contributed by atoms with Gasteiger partial charge in [-0.25, -0.2) is 0 Å². The van der Waals surface area contributed by atoms with Gasteiger partial charge in [0.15, 0.2) is 5.82 Å². The van der Waals surface area contributed by atoms with Crippen molar-refractivity contribution in [1.82, 2.24) is 10.1 Å². The van der Waals surface area contributed by atoms with Gasteiger partial charge in [-0.15, -0.1) is 0 Å². The number of nitrogens with zero attached hydrogens (tertiary/aromatic N) is 3. The monoisotopic (exact) mass is 177 g/mol. The van der Waals surface area contributed by atoms with Gasteiger partial charge >= 0.3 is 0 Å². The lowest BCUT2D eigenvalue weighted by Crippen LogP contribution is -2.32. The van der Waals surface area contributed by atoms with Gasteiger partial charge in [-0.2, -0.15) is 10.2 Å². The molecule has 1 aromatic rings. The fraction of sp³-hybridized carbons (Fsp3) is 0.667. The highest BCUT2D eigenvalue weighted by molar-refractivity contribution is 5.22. The third kappa shape index (κ3) is 1.12. The topological polar surface area (TPSA) is 62.7 Å². The summed E-state index contributed by atoms with van der Waals surface area (Å²) in [6.45, 7) is 1.97. The molecular formula is C9H11N3O. The molecule has 0 saturated heterocycles. The molecule has 1 aliphatic carbocycles. The quantitative estimate of drug-likeness (QED) is 0.688. The molecule has 0 amide bonds. The normalized spacial score (nSPS) is 19.1. The molecule has 0 aliphatic heterocycles. The molecule has 0 unspecified atom stereocenters. The van der Waals surface area contributed by atoms with E-state index in [1.165, 1.54) is 0 Å². The van der Waals surface area contributed by atoms with E-state index >= 15 is 0 Å². The lowest BCUT2D eigenvalue weighted by atomic mass is 9.70. The van der Waals surface area contributed by atoms with E-state index in [1.807, 2.05) is 6.92 Å². The van der Waals surface area contributed by atoms with Crippen LogP contribution in [0, 0.1) is 11.3 Å². The molecular weight excluding hydrogens is 166 g/mol. The molecule has 1 aromatic heterocycles. The van der Waals surface area contributed by atoms with E-state index < -0.39 is 5.41 Å². The Balaban J connectivity index is 2.29. The van der Waals surface area contributed by atoms with E-state index in [4.69, 9.17) is 9.78 Å². The molecule has 1 saturated carbocycles. The summed E-state index contributed by atoms with van der Waals surface area (Å²) in [5.41, 5.74) is -0.458. The maximum atomic E-state index is 8.99. The zero-order valence-corrected chi connectivity index (χ0v) is 7.58. The van der Waals surface area contributed by atoms with Gasteiger partial charge in [-0.3, -0.25) is 0 Å². The Bertz CT molecular complexity index is 346. The van der Waals surface area contributed by atoms with Crippen molar-refractivity contribution in [2.24, 2.45) is 0 Å². The minimum absolute atomic E-state index is 0.458. The predicted molar refractivity (Wildman–Crippen MR) is 44.8 cm³/mol. The van der Waals surface area contributed by atoms with Crippen molar-refractivity contribution in [2.45, 2.75) is 38.0 Å². The molecule has 0 atom stereocenters. The van der Waals surface area contributed by atoms with E-state index in [0.717, 1.165) is 25.7 Å². The zero-order valence-electron chi connectivity index (χ0n) is 7.58. The molecule has 1 fully saturated rings. The summed E-state index contributed by atoms with van der Waals surface area (Å²) in [4.78, 5) is 4.19. The van der Waals surface area contributed by atoms with Crippen LogP contribution in [0.3, 0.4) is 0 Å². The van der Waals surface area contributed by atoms with E-state index in [-0.39, 0.29) is 0 Å². The first-order chi connectivity index (χ1) is 6.30. The van der Waals surface area contributed by atoms with Crippen molar-refractivity contribution in [3.63, 3.8) is 0 Å².